The Morgan fingerprint density at radius 1 is 1.11 bits per heavy atom. The minimum absolute atomic E-state index is 0.217. The molecule has 6 nitrogen and oxygen atoms in total. The molecule has 0 saturated carbocycles. The van der Waals surface area contributed by atoms with Gasteiger partial charge in [0, 0.05) is 31.5 Å². The summed E-state index contributed by atoms with van der Waals surface area (Å²) >= 11 is 0. The smallest absolute Gasteiger partial charge is 0.240 e. The number of aryl methyl sites for hydroxylation is 3. The van der Waals surface area contributed by atoms with Gasteiger partial charge >= 0.3 is 0 Å². The Morgan fingerprint density at radius 2 is 1.93 bits per heavy atom. The Labute approximate surface area is 159 Å². The topological polar surface area (TPSA) is 76.9 Å². The Kier molecular flexibility index (Phi) is 4.80. The lowest BCUT2D eigenvalue weighted by atomic mass is 9.92. The van der Waals surface area contributed by atoms with E-state index in [1.54, 1.807) is 23.1 Å². The molecular weight excluding hydrogens is 360 g/mol. The average molecular weight is 382 g/mol. The van der Waals surface area contributed by atoms with Crippen LogP contribution in [0.2, 0.25) is 0 Å². The Balaban J connectivity index is 1.51. The van der Waals surface area contributed by atoms with Crippen molar-refractivity contribution in [3.8, 4) is 11.3 Å². The first kappa shape index (κ1) is 17.9. The van der Waals surface area contributed by atoms with Gasteiger partial charge in [-0.1, -0.05) is 6.07 Å². The van der Waals surface area contributed by atoms with E-state index in [0.29, 0.717) is 4.90 Å². The number of hydrogen-bond donors (Lipinski definition) is 1. The van der Waals surface area contributed by atoms with Crippen molar-refractivity contribution in [3.63, 3.8) is 0 Å². The van der Waals surface area contributed by atoms with Crippen molar-refractivity contribution < 1.29 is 8.42 Å². The van der Waals surface area contributed by atoms with E-state index in [1.807, 2.05) is 37.5 Å². The predicted molar refractivity (Wildman–Crippen MR) is 104 cm³/mol. The molecule has 0 radical (unpaired) electrons. The van der Waals surface area contributed by atoms with Gasteiger partial charge in [0.2, 0.25) is 10.0 Å². The molecule has 140 valence electrons. The fraction of sp³-hybridized carbons (Fsp3) is 0.300. The molecule has 0 bridgehead atoms. The monoisotopic (exact) mass is 382 g/mol. The zero-order valence-electron chi connectivity index (χ0n) is 15.2. The molecule has 1 aliphatic rings. The van der Waals surface area contributed by atoms with Crippen LogP contribution in [-0.2, 0) is 36.5 Å². The van der Waals surface area contributed by atoms with E-state index in [2.05, 4.69) is 14.8 Å². The molecule has 2 aromatic heterocycles. The molecule has 0 amide bonds. The minimum atomic E-state index is -3.55. The largest absolute Gasteiger partial charge is 0.275 e. The molecule has 27 heavy (non-hydrogen) atoms. The lowest BCUT2D eigenvalue weighted by Gasteiger charge is -2.16. The lowest BCUT2D eigenvalue weighted by Crippen LogP contribution is -2.23. The van der Waals surface area contributed by atoms with Gasteiger partial charge in [-0.2, -0.15) is 5.10 Å². The molecule has 0 saturated heterocycles. The number of benzene rings is 1. The zero-order valence-corrected chi connectivity index (χ0v) is 16.0. The summed E-state index contributed by atoms with van der Waals surface area (Å²) in [5.74, 6) is 0. The van der Waals surface area contributed by atoms with Gasteiger partial charge in [0.05, 0.1) is 16.8 Å². The summed E-state index contributed by atoms with van der Waals surface area (Å²) in [5.41, 5.74) is 4.96. The highest BCUT2D eigenvalue weighted by atomic mass is 32.2. The first-order valence-corrected chi connectivity index (χ1v) is 10.5. The number of rotatable bonds is 5. The second-order valence-corrected chi connectivity index (χ2v) is 8.68. The number of nitrogens with one attached hydrogen (secondary N) is 1. The molecule has 3 aromatic rings. The van der Waals surface area contributed by atoms with Gasteiger partial charge in [-0.15, -0.1) is 0 Å². The van der Waals surface area contributed by atoms with E-state index in [1.165, 1.54) is 12.0 Å². The Hall–Kier alpha value is -2.51. The van der Waals surface area contributed by atoms with Crippen LogP contribution in [0.1, 0.15) is 29.5 Å². The van der Waals surface area contributed by atoms with Crippen molar-refractivity contribution in [2.24, 2.45) is 7.05 Å². The lowest BCUT2D eigenvalue weighted by molar-refractivity contribution is 0.580. The van der Waals surface area contributed by atoms with Crippen LogP contribution >= 0.6 is 0 Å². The van der Waals surface area contributed by atoms with Crippen LogP contribution in [-0.4, -0.2) is 23.2 Å². The number of aromatic nitrogens is 3. The summed E-state index contributed by atoms with van der Waals surface area (Å²) in [7, 11) is -1.70. The SMILES string of the molecule is Cn1cc(-c2cc(CNS(=O)(=O)c3ccc4c(c3)CCCC4)ccn2)cn1. The standard InChI is InChI=1S/C20H22N4O2S/c1-24-14-18(13-22-24)20-10-15(8-9-21-20)12-23-27(25,26)19-7-6-16-4-2-3-5-17(16)11-19/h6-11,13-14,23H,2-5,12H2,1H3. The average Bonchev–Trinajstić information content (AvgIpc) is 3.13. The maximum absolute atomic E-state index is 12.7. The molecule has 0 atom stereocenters. The third-order valence-corrected chi connectivity index (χ3v) is 6.32. The molecule has 0 unspecified atom stereocenters. The van der Waals surface area contributed by atoms with Crippen molar-refractivity contribution in [1.82, 2.24) is 19.5 Å². The molecule has 1 aliphatic carbocycles. The fourth-order valence-electron chi connectivity index (χ4n) is 3.43. The highest BCUT2D eigenvalue weighted by Gasteiger charge is 2.17. The summed E-state index contributed by atoms with van der Waals surface area (Å²) in [6.07, 6.45) is 9.60. The third kappa shape index (κ3) is 3.94. The second-order valence-electron chi connectivity index (χ2n) is 6.91. The van der Waals surface area contributed by atoms with Crippen LogP contribution < -0.4 is 4.72 Å². The van der Waals surface area contributed by atoms with Crippen LogP contribution in [0.5, 0.6) is 0 Å². The van der Waals surface area contributed by atoms with Crippen molar-refractivity contribution in [2.45, 2.75) is 37.1 Å². The van der Waals surface area contributed by atoms with Gasteiger partial charge in [0.15, 0.2) is 0 Å². The van der Waals surface area contributed by atoms with Crippen molar-refractivity contribution in [2.75, 3.05) is 0 Å². The van der Waals surface area contributed by atoms with Crippen LogP contribution in [0, 0.1) is 0 Å². The highest BCUT2D eigenvalue weighted by Crippen LogP contribution is 2.24. The third-order valence-electron chi connectivity index (χ3n) is 4.92. The molecular formula is C20H22N4O2S. The zero-order chi connectivity index (χ0) is 18.9. The highest BCUT2D eigenvalue weighted by molar-refractivity contribution is 7.89. The Morgan fingerprint density at radius 3 is 2.70 bits per heavy atom. The number of nitrogens with zero attached hydrogens (tertiary/aromatic N) is 3. The Bertz CT molecular complexity index is 1070. The maximum atomic E-state index is 12.7. The molecule has 0 spiro atoms. The van der Waals surface area contributed by atoms with Crippen molar-refractivity contribution >= 4 is 10.0 Å². The van der Waals surface area contributed by atoms with E-state index < -0.39 is 10.0 Å². The van der Waals surface area contributed by atoms with E-state index in [-0.39, 0.29) is 6.54 Å². The second kappa shape index (κ2) is 7.25. The van der Waals surface area contributed by atoms with Crippen LogP contribution in [0.4, 0.5) is 0 Å². The molecule has 1 aromatic carbocycles. The molecule has 0 aliphatic heterocycles. The quantitative estimate of drug-likeness (QED) is 0.736. The number of fused-ring (bicyclic) bond motifs is 1. The molecule has 1 N–H and O–H groups in total. The number of hydrogen-bond acceptors (Lipinski definition) is 4. The van der Waals surface area contributed by atoms with Crippen LogP contribution in [0.3, 0.4) is 0 Å². The van der Waals surface area contributed by atoms with Crippen LogP contribution in [0.15, 0.2) is 53.8 Å². The van der Waals surface area contributed by atoms with Gasteiger partial charge < -0.3 is 0 Å². The number of pyridine rings is 1. The summed E-state index contributed by atoms with van der Waals surface area (Å²) in [4.78, 5) is 4.68. The molecule has 4 rings (SSSR count). The van der Waals surface area contributed by atoms with E-state index in [4.69, 9.17) is 0 Å². The van der Waals surface area contributed by atoms with E-state index in [0.717, 1.165) is 41.6 Å². The van der Waals surface area contributed by atoms with Gasteiger partial charge in [-0.05, 0) is 66.6 Å². The van der Waals surface area contributed by atoms with Gasteiger partial charge in [-0.25, -0.2) is 13.1 Å². The summed E-state index contributed by atoms with van der Waals surface area (Å²) in [6, 6.07) is 9.18. The normalized spacial score (nSPS) is 14.1. The first-order valence-electron chi connectivity index (χ1n) is 9.07. The van der Waals surface area contributed by atoms with Crippen molar-refractivity contribution in [1.29, 1.82) is 0 Å². The molecule has 0 fully saturated rings. The summed E-state index contributed by atoms with van der Waals surface area (Å²) in [5, 5.41) is 4.15. The summed E-state index contributed by atoms with van der Waals surface area (Å²) in [6.45, 7) is 0.217. The maximum Gasteiger partial charge on any atom is 0.240 e. The molecule has 2 heterocycles. The minimum Gasteiger partial charge on any atom is -0.275 e. The number of sulfonamides is 1. The van der Waals surface area contributed by atoms with Gasteiger partial charge in [-0.3, -0.25) is 9.67 Å². The summed E-state index contributed by atoms with van der Waals surface area (Å²) < 4.78 is 29.8. The predicted octanol–water partition coefficient (Wildman–Crippen LogP) is 2.84. The van der Waals surface area contributed by atoms with E-state index in [9.17, 15) is 8.42 Å². The first-order chi connectivity index (χ1) is 13.0. The van der Waals surface area contributed by atoms with Crippen LogP contribution in [0.25, 0.3) is 11.3 Å². The van der Waals surface area contributed by atoms with Gasteiger partial charge in [0.1, 0.15) is 0 Å². The molecule has 7 heteroatoms. The fourth-order valence-corrected chi connectivity index (χ4v) is 4.50. The van der Waals surface area contributed by atoms with E-state index >= 15 is 0 Å². The van der Waals surface area contributed by atoms with Gasteiger partial charge in [0.25, 0.3) is 0 Å². The van der Waals surface area contributed by atoms with Crippen molar-refractivity contribution in [3.05, 3.63) is 65.6 Å².